The van der Waals surface area contributed by atoms with Crippen LogP contribution < -0.4 is 5.32 Å². The number of aromatic hydroxyl groups is 1. The Bertz CT molecular complexity index is 409. The maximum atomic E-state index is 10.5. The van der Waals surface area contributed by atoms with Crippen LogP contribution in [0.1, 0.15) is 42.0 Å². The predicted molar refractivity (Wildman–Crippen MR) is 74.8 cm³/mol. The summed E-state index contributed by atoms with van der Waals surface area (Å²) in [6.07, 6.45) is 3.61. The van der Waals surface area contributed by atoms with Gasteiger partial charge in [-0.1, -0.05) is 18.6 Å². The Labute approximate surface area is 110 Å². The molecule has 1 aliphatic rings. The molecule has 2 rings (SSSR count). The Hall–Kier alpha value is -1.06. The molecular formula is C15H24N2O. The van der Waals surface area contributed by atoms with E-state index in [1.54, 1.807) is 0 Å². The van der Waals surface area contributed by atoms with Crippen LogP contribution in [0, 0.1) is 6.92 Å². The van der Waals surface area contributed by atoms with Crippen molar-refractivity contribution in [3.05, 3.63) is 28.8 Å². The highest BCUT2D eigenvalue weighted by Crippen LogP contribution is 2.34. The topological polar surface area (TPSA) is 35.5 Å². The molecule has 2 N–H and O–H groups in total. The lowest BCUT2D eigenvalue weighted by molar-refractivity contribution is 0.368. The molecule has 0 aromatic heterocycles. The third kappa shape index (κ3) is 2.85. The average molecular weight is 248 g/mol. The van der Waals surface area contributed by atoms with Crippen molar-refractivity contribution in [2.45, 2.75) is 38.8 Å². The third-order valence-electron chi connectivity index (χ3n) is 3.71. The van der Waals surface area contributed by atoms with Gasteiger partial charge in [-0.15, -0.1) is 0 Å². The quantitative estimate of drug-likeness (QED) is 0.863. The van der Waals surface area contributed by atoms with Gasteiger partial charge in [-0.25, -0.2) is 0 Å². The molecule has 1 aromatic carbocycles. The molecule has 0 radical (unpaired) electrons. The van der Waals surface area contributed by atoms with Gasteiger partial charge in [0.15, 0.2) is 0 Å². The average Bonchev–Trinajstić information content (AvgIpc) is 2.35. The Morgan fingerprint density at radius 2 is 2.11 bits per heavy atom. The van der Waals surface area contributed by atoms with Crippen LogP contribution in [0.15, 0.2) is 12.1 Å². The number of rotatable bonds is 3. The van der Waals surface area contributed by atoms with Crippen LogP contribution in [0.4, 0.5) is 0 Å². The highest BCUT2D eigenvalue weighted by atomic mass is 16.3. The summed E-state index contributed by atoms with van der Waals surface area (Å²) in [5.41, 5.74) is 3.29. The highest BCUT2D eigenvalue weighted by molar-refractivity contribution is 5.46. The standard InChI is InChI=1S/C15H24N2O/c1-11-7-8-12(14-6-4-5-9-16-14)15(18)13(11)10-17(2)3/h7-8,14,16,18H,4-6,9-10H2,1-3H3. The smallest absolute Gasteiger partial charge is 0.125 e. The van der Waals surface area contributed by atoms with Crippen molar-refractivity contribution in [3.63, 3.8) is 0 Å². The first-order valence-corrected chi connectivity index (χ1v) is 6.79. The summed E-state index contributed by atoms with van der Waals surface area (Å²) in [5.74, 6) is 0.489. The summed E-state index contributed by atoms with van der Waals surface area (Å²) in [6, 6.07) is 4.53. The van der Waals surface area contributed by atoms with Crippen molar-refractivity contribution in [3.8, 4) is 5.75 Å². The number of benzene rings is 1. The molecule has 0 bridgehead atoms. The number of hydrogen-bond acceptors (Lipinski definition) is 3. The van der Waals surface area contributed by atoms with Gasteiger partial charge >= 0.3 is 0 Å². The van der Waals surface area contributed by atoms with Crippen molar-refractivity contribution in [1.29, 1.82) is 0 Å². The first-order chi connectivity index (χ1) is 8.59. The van der Waals surface area contributed by atoms with Gasteiger partial charge < -0.3 is 15.3 Å². The Kier molecular flexibility index (Phi) is 4.25. The van der Waals surface area contributed by atoms with Gasteiger partial charge in [0.1, 0.15) is 5.75 Å². The summed E-state index contributed by atoms with van der Waals surface area (Å²) >= 11 is 0. The van der Waals surface area contributed by atoms with E-state index in [1.807, 2.05) is 14.1 Å². The molecule has 100 valence electrons. The predicted octanol–water partition coefficient (Wildman–Crippen LogP) is 2.58. The van der Waals surface area contributed by atoms with Crippen LogP contribution >= 0.6 is 0 Å². The zero-order valence-corrected chi connectivity index (χ0v) is 11.7. The fourth-order valence-corrected chi connectivity index (χ4v) is 2.67. The van der Waals surface area contributed by atoms with Gasteiger partial charge in [-0.2, -0.15) is 0 Å². The van der Waals surface area contributed by atoms with Crippen molar-refractivity contribution in [2.75, 3.05) is 20.6 Å². The molecular weight excluding hydrogens is 224 g/mol. The Balaban J connectivity index is 2.30. The first kappa shape index (κ1) is 13.4. The summed E-state index contributed by atoms with van der Waals surface area (Å²) in [5, 5.41) is 14.0. The normalized spacial score (nSPS) is 20.3. The highest BCUT2D eigenvalue weighted by Gasteiger charge is 2.20. The molecule has 1 aliphatic heterocycles. The minimum Gasteiger partial charge on any atom is -0.507 e. The van der Waals surface area contributed by atoms with E-state index in [0.29, 0.717) is 11.8 Å². The fourth-order valence-electron chi connectivity index (χ4n) is 2.67. The second-order valence-electron chi connectivity index (χ2n) is 5.54. The van der Waals surface area contributed by atoms with E-state index in [-0.39, 0.29) is 0 Å². The fraction of sp³-hybridized carbons (Fsp3) is 0.600. The van der Waals surface area contributed by atoms with E-state index in [1.165, 1.54) is 18.4 Å². The van der Waals surface area contributed by atoms with E-state index >= 15 is 0 Å². The van der Waals surface area contributed by atoms with Crippen molar-refractivity contribution in [1.82, 2.24) is 10.2 Å². The summed E-state index contributed by atoms with van der Waals surface area (Å²) < 4.78 is 0. The van der Waals surface area contributed by atoms with Gasteiger partial charge in [0, 0.05) is 23.7 Å². The van der Waals surface area contributed by atoms with E-state index in [2.05, 4.69) is 29.3 Å². The molecule has 18 heavy (non-hydrogen) atoms. The molecule has 0 saturated carbocycles. The first-order valence-electron chi connectivity index (χ1n) is 6.79. The maximum absolute atomic E-state index is 10.5. The second-order valence-corrected chi connectivity index (χ2v) is 5.54. The molecule has 1 unspecified atom stereocenters. The number of hydrogen-bond donors (Lipinski definition) is 2. The number of nitrogens with one attached hydrogen (secondary N) is 1. The molecule has 1 atom stereocenters. The van der Waals surface area contributed by atoms with Crippen LogP contribution in [0.2, 0.25) is 0 Å². The maximum Gasteiger partial charge on any atom is 0.125 e. The van der Waals surface area contributed by atoms with Gasteiger partial charge in [0.25, 0.3) is 0 Å². The van der Waals surface area contributed by atoms with Crippen molar-refractivity contribution >= 4 is 0 Å². The third-order valence-corrected chi connectivity index (χ3v) is 3.71. The van der Waals surface area contributed by atoms with Gasteiger partial charge in [0.05, 0.1) is 0 Å². The zero-order valence-electron chi connectivity index (χ0n) is 11.7. The summed E-state index contributed by atoms with van der Waals surface area (Å²) in [7, 11) is 4.06. The summed E-state index contributed by atoms with van der Waals surface area (Å²) in [6.45, 7) is 3.91. The SMILES string of the molecule is Cc1ccc(C2CCCCN2)c(O)c1CN(C)C. The molecule has 1 heterocycles. The molecule has 1 fully saturated rings. The monoisotopic (exact) mass is 248 g/mol. The van der Waals surface area contributed by atoms with Gasteiger partial charge in [0.2, 0.25) is 0 Å². The zero-order chi connectivity index (χ0) is 13.1. The minimum atomic E-state index is 0.320. The second kappa shape index (κ2) is 5.72. The van der Waals surface area contributed by atoms with E-state index in [9.17, 15) is 5.11 Å². The van der Waals surface area contributed by atoms with E-state index < -0.39 is 0 Å². The molecule has 3 heteroatoms. The van der Waals surface area contributed by atoms with Crippen LogP contribution in [0.5, 0.6) is 5.75 Å². The van der Waals surface area contributed by atoms with Crippen LogP contribution in [-0.2, 0) is 6.54 Å². The van der Waals surface area contributed by atoms with E-state index in [0.717, 1.165) is 30.6 Å². The number of phenolic OH excluding ortho intramolecular Hbond substituents is 1. The largest absolute Gasteiger partial charge is 0.507 e. The lowest BCUT2D eigenvalue weighted by Gasteiger charge is -2.26. The minimum absolute atomic E-state index is 0.320. The van der Waals surface area contributed by atoms with E-state index in [4.69, 9.17) is 0 Å². The molecule has 0 amide bonds. The van der Waals surface area contributed by atoms with Crippen molar-refractivity contribution in [2.24, 2.45) is 0 Å². The molecule has 1 saturated heterocycles. The summed E-state index contributed by atoms with van der Waals surface area (Å²) in [4.78, 5) is 2.10. The molecule has 0 spiro atoms. The van der Waals surface area contributed by atoms with Gasteiger partial charge in [-0.05, 0) is 46.0 Å². The molecule has 3 nitrogen and oxygen atoms in total. The van der Waals surface area contributed by atoms with Crippen LogP contribution in [0.25, 0.3) is 0 Å². The Morgan fingerprint density at radius 1 is 1.33 bits per heavy atom. The lowest BCUT2D eigenvalue weighted by atomic mass is 9.93. The molecule has 0 aliphatic carbocycles. The number of nitrogens with zero attached hydrogens (tertiary/aromatic N) is 1. The number of piperidine rings is 1. The van der Waals surface area contributed by atoms with Crippen molar-refractivity contribution < 1.29 is 5.11 Å². The van der Waals surface area contributed by atoms with Gasteiger partial charge in [-0.3, -0.25) is 0 Å². The number of phenols is 1. The van der Waals surface area contributed by atoms with Crippen LogP contribution in [0.3, 0.4) is 0 Å². The van der Waals surface area contributed by atoms with Crippen LogP contribution in [-0.4, -0.2) is 30.6 Å². The Morgan fingerprint density at radius 3 is 2.72 bits per heavy atom. The lowest BCUT2D eigenvalue weighted by Crippen LogP contribution is -2.27. The molecule has 1 aromatic rings. The number of aryl methyl sites for hydroxylation is 1.